The van der Waals surface area contributed by atoms with E-state index in [1.165, 1.54) is 0 Å². The van der Waals surface area contributed by atoms with Gasteiger partial charge in [-0.05, 0) is 12.1 Å². The third-order valence-electron chi connectivity index (χ3n) is 1.34. The lowest BCUT2D eigenvalue weighted by Crippen LogP contribution is -1.77. The van der Waals surface area contributed by atoms with Gasteiger partial charge in [0.25, 0.3) is 0 Å². The van der Waals surface area contributed by atoms with Crippen LogP contribution in [0.1, 0.15) is 0 Å². The topological polar surface area (TPSA) is 25.8 Å². The Morgan fingerprint density at radius 2 is 2.45 bits per heavy atom. The predicted octanol–water partition coefficient (Wildman–Crippen LogP) is 2.01. The molecule has 2 rings (SSSR count). The maximum atomic E-state index is 4.15. The quantitative estimate of drug-likeness (QED) is 0.639. The average Bonchev–Trinajstić information content (AvgIpc) is 2.58. The Labute approximate surface area is 68.6 Å². The molecule has 0 aliphatic rings. The number of rotatable bonds is 1. The number of pyridine rings is 1. The normalized spacial score (nSPS) is 9.82. The summed E-state index contributed by atoms with van der Waals surface area (Å²) in [4.78, 5) is 8.03. The van der Waals surface area contributed by atoms with Gasteiger partial charge in [-0.15, -0.1) is 11.3 Å². The van der Waals surface area contributed by atoms with Crippen LogP contribution in [0.25, 0.3) is 11.3 Å². The molecule has 2 aromatic rings. The SMILES string of the molecule is [c]1ccc(-c2cscn2)cn1. The molecule has 1 radical (unpaired) electrons. The summed E-state index contributed by atoms with van der Waals surface area (Å²) >= 11 is 1.59. The van der Waals surface area contributed by atoms with Crippen molar-refractivity contribution in [3.8, 4) is 11.3 Å². The number of thiazole rings is 1. The highest BCUT2D eigenvalue weighted by Crippen LogP contribution is 2.16. The summed E-state index contributed by atoms with van der Waals surface area (Å²) in [6.07, 6.45) is 4.48. The number of nitrogens with zero attached hydrogens (tertiary/aromatic N) is 2. The van der Waals surface area contributed by atoms with Gasteiger partial charge in [-0.1, -0.05) is 0 Å². The molecule has 0 spiro atoms. The van der Waals surface area contributed by atoms with Gasteiger partial charge in [-0.25, -0.2) is 4.98 Å². The molecule has 0 saturated heterocycles. The van der Waals surface area contributed by atoms with Gasteiger partial charge in [-0.3, -0.25) is 4.98 Å². The summed E-state index contributed by atoms with van der Waals surface area (Å²) in [5.74, 6) is 0. The van der Waals surface area contributed by atoms with Gasteiger partial charge in [0.2, 0.25) is 0 Å². The fourth-order valence-electron chi connectivity index (χ4n) is 0.827. The molecule has 2 aromatic heterocycles. The van der Waals surface area contributed by atoms with Crippen LogP contribution in [-0.4, -0.2) is 9.97 Å². The minimum atomic E-state index is 0.983. The van der Waals surface area contributed by atoms with Crippen molar-refractivity contribution in [2.24, 2.45) is 0 Å². The molecule has 3 heteroatoms. The molecule has 0 fully saturated rings. The van der Waals surface area contributed by atoms with E-state index in [0.29, 0.717) is 0 Å². The summed E-state index contributed by atoms with van der Waals surface area (Å²) in [5.41, 5.74) is 3.84. The van der Waals surface area contributed by atoms with Crippen LogP contribution in [0.4, 0.5) is 0 Å². The summed E-state index contributed by atoms with van der Waals surface area (Å²) in [7, 11) is 0. The molecule has 53 valence electrons. The van der Waals surface area contributed by atoms with Crippen molar-refractivity contribution in [1.82, 2.24) is 9.97 Å². The lowest BCUT2D eigenvalue weighted by molar-refractivity contribution is 1.29. The minimum absolute atomic E-state index is 0.983. The Balaban J connectivity index is 2.46. The largest absolute Gasteiger partial charge is 0.254 e. The van der Waals surface area contributed by atoms with Crippen molar-refractivity contribution in [3.05, 3.63) is 35.4 Å². The molecule has 11 heavy (non-hydrogen) atoms. The Bertz CT molecular complexity index is 315. The Morgan fingerprint density at radius 3 is 3.09 bits per heavy atom. The van der Waals surface area contributed by atoms with E-state index in [2.05, 4.69) is 16.2 Å². The van der Waals surface area contributed by atoms with E-state index in [1.54, 1.807) is 23.6 Å². The Hall–Kier alpha value is -1.22. The fraction of sp³-hybridized carbons (Fsp3) is 0. The first-order valence-electron chi connectivity index (χ1n) is 3.17. The summed E-state index contributed by atoms with van der Waals surface area (Å²) in [6.45, 7) is 0. The molecule has 2 heterocycles. The molecule has 0 amide bonds. The third kappa shape index (κ3) is 1.28. The molecule has 0 unspecified atom stereocenters. The zero-order valence-corrected chi connectivity index (χ0v) is 6.51. The maximum Gasteiger partial charge on any atom is 0.0886 e. The highest BCUT2D eigenvalue weighted by atomic mass is 32.1. The predicted molar refractivity (Wildman–Crippen MR) is 44.2 cm³/mol. The molecular weight excluding hydrogens is 156 g/mol. The van der Waals surface area contributed by atoms with E-state index >= 15 is 0 Å². The number of hydrogen-bond donors (Lipinski definition) is 0. The molecular formula is C8H5N2S. The molecule has 2 nitrogen and oxygen atoms in total. The van der Waals surface area contributed by atoms with E-state index in [9.17, 15) is 0 Å². The number of aromatic nitrogens is 2. The van der Waals surface area contributed by atoms with Gasteiger partial charge in [0.1, 0.15) is 0 Å². The Morgan fingerprint density at radius 1 is 1.45 bits per heavy atom. The van der Waals surface area contributed by atoms with Gasteiger partial charge in [0.05, 0.1) is 17.4 Å². The first kappa shape index (κ1) is 6.49. The van der Waals surface area contributed by atoms with Crippen molar-refractivity contribution < 1.29 is 0 Å². The average molecular weight is 161 g/mol. The maximum absolute atomic E-state index is 4.15. The van der Waals surface area contributed by atoms with E-state index in [4.69, 9.17) is 0 Å². The van der Waals surface area contributed by atoms with Crippen LogP contribution >= 0.6 is 11.3 Å². The third-order valence-corrected chi connectivity index (χ3v) is 1.93. The second kappa shape index (κ2) is 2.80. The van der Waals surface area contributed by atoms with Crippen LogP contribution in [0.2, 0.25) is 0 Å². The van der Waals surface area contributed by atoms with Crippen molar-refractivity contribution >= 4 is 11.3 Å². The van der Waals surface area contributed by atoms with Gasteiger partial charge < -0.3 is 0 Å². The molecule has 0 bridgehead atoms. The molecule has 0 N–H and O–H groups in total. The van der Waals surface area contributed by atoms with E-state index in [1.807, 2.05) is 17.0 Å². The van der Waals surface area contributed by atoms with Crippen molar-refractivity contribution in [1.29, 1.82) is 0 Å². The van der Waals surface area contributed by atoms with E-state index in [-0.39, 0.29) is 0 Å². The molecule has 0 aromatic carbocycles. The van der Waals surface area contributed by atoms with Crippen LogP contribution in [0.3, 0.4) is 0 Å². The minimum Gasteiger partial charge on any atom is -0.254 e. The fourth-order valence-corrected chi connectivity index (χ4v) is 1.39. The first-order valence-corrected chi connectivity index (χ1v) is 4.12. The standard InChI is InChI=1S/C8H5N2S/c1-2-7(4-9-3-1)8-5-11-6-10-8/h1-2,4-6H. The second-order valence-electron chi connectivity index (χ2n) is 2.05. The van der Waals surface area contributed by atoms with Crippen molar-refractivity contribution in [2.45, 2.75) is 0 Å². The van der Waals surface area contributed by atoms with Crippen molar-refractivity contribution in [3.63, 3.8) is 0 Å². The zero-order valence-electron chi connectivity index (χ0n) is 5.69. The summed E-state index contributed by atoms with van der Waals surface area (Å²) < 4.78 is 0. The van der Waals surface area contributed by atoms with Crippen LogP contribution in [0.5, 0.6) is 0 Å². The molecule has 0 saturated carbocycles. The lowest BCUT2D eigenvalue weighted by atomic mass is 10.2. The van der Waals surface area contributed by atoms with Gasteiger partial charge in [0.15, 0.2) is 0 Å². The van der Waals surface area contributed by atoms with E-state index < -0.39 is 0 Å². The smallest absolute Gasteiger partial charge is 0.0886 e. The van der Waals surface area contributed by atoms with Crippen LogP contribution in [-0.2, 0) is 0 Å². The monoisotopic (exact) mass is 161 g/mol. The van der Waals surface area contributed by atoms with Gasteiger partial charge in [-0.2, -0.15) is 0 Å². The van der Waals surface area contributed by atoms with Crippen molar-refractivity contribution in [2.75, 3.05) is 0 Å². The molecule has 0 aliphatic carbocycles. The highest BCUT2D eigenvalue weighted by molar-refractivity contribution is 7.07. The molecule has 0 aliphatic heterocycles. The molecule has 0 atom stereocenters. The first-order chi connectivity index (χ1) is 5.47. The highest BCUT2D eigenvalue weighted by Gasteiger charge is 1.96. The Kier molecular flexibility index (Phi) is 1.65. The second-order valence-corrected chi connectivity index (χ2v) is 2.77. The van der Waals surface area contributed by atoms with Crippen LogP contribution in [0.15, 0.2) is 29.2 Å². The summed E-state index contributed by atoms with van der Waals surface area (Å²) in [6, 6.07) is 3.73. The zero-order chi connectivity index (χ0) is 7.52. The van der Waals surface area contributed by atoms with Crippen LogP contribution in [0, 0.1) is 6.20 Å². The van der Waals surface area contributed by atoms with Gasteiger partial charge >= 0.3 is 0 Å². The number of hydrogen-bond acceptors (Lipinski definition) is 3. The lowest BCUT2D eigenvalue weighted by Gasteiger charge is -1.91. The summed E-state index contributed by atoms with van der Waals surface area (Å²) in [5, 5.41) is 2.00. The van der Waals surface area contributed by atoms with E-state index in [0.717, 1.165) is 11.3 Å². The van der Waals surface area contributed by atoms with Crippen LogP contribution < -0.4 is 0 Å². The van der Waals surface area contributed by atoms with Gasteiger partial charge in [0, 0.05) is 17.1 Å².